The molecule has 1 atom stereocenters. The zero-order chi connectivity index (χ0) is 13.8. The van der Waals surface area contributed by atoms with Crippen molar-refractivity contribution in [1.29, 1.82) is 0 Å². The lowest BCUT2D eigenvalue weighted by Gasteiger charge is -2.36. The standard InChI is InChI=1S/C13H21N5O/c1-17-8-4-5-10(9-17)18(2)12-7-3-6-11(15-12)13(14)16-19/h3,6-7,10,19H,4-5,8-9H2,1-2H3,(H2,14,16). The highest BCUT2D eigenvalue weighted by Gasteiger charge is 2.22. The lowest BCUT2D eigenvalue weighted by atomic mass is 10.1. The molecule has 1 fully saturated rings. The van der Waals surface area contributed by atoms with Crippen LogP contribution in [0.15, 0.2) is 23.4 Å². The number of oxime groups is 1. The number of likely N-dealkylation sites (tertiary alicyclic amines) is 1. The summed E-state index contributed by atoms with van der Waals surface area (Å²) in [5.74, 6) is 0.889. The molecule has 3 N–H and O–H groups in total. The Labute approximate surface area is 113 Å². The van der Waals surface area contributed by atoms with E-state index in [4.69, 9.17) is 10.9 Å². The monoisotopic (exact) mass is 263 g/mol. The van der Waals surface area contributed by atoms with Gasteiger partial charge in [0.1, 0.15) is 11.5 Å². The second-order valence-electron chi connectivity index (χ2n) is 5.04. The number of hydrogen-bond acceptors (Lipinski definition) is 5. The largest absolute Gasteiger partial charge is 0.409 e. The van der Waals surface area contributed by atoms with E-state index in [1.54, 1.807) is 6.07 Å². The zero-order valence-electron chi connectivity index (χ0n) is 11.5. The molecule has 1 aromatic rings. The Hall–Kier alpha value is -1.82. The van der Waals surface area contributed by atoms with Crippen LogP contribution in [0.5, 0.6) is 0 Å². The number of rotatable bonds is 3. The van der Waals surface area contributed by atoms with Crippen LogP contribution in [-0.2, 0) is 0 Å². The minimum Gasteiger partial charge on any atom is -0.409 e. The Kier molecular flexibility index (Phi) is 4.21. The first-order chi connectivity index (χ1) is 9.11. The maximum atomic E-state index is 8.70. The normalized spacial score (nSPS) is 21.4. The molecule has 0 amide bonds. The highest BCUT2D eigenvalue weighted by Crippen LogP contribution is 2.19. The van der Waals surface area contributed by atoms with Gasteiger partial charge in [0.25, 0.3) is 0 Å². The second kappa shape index (κ2) is 5.88. The summed E-state index contributed by atoms with van der Waals surface area (Å²) in [6, 6.07) is 6.01. The maximum Gasteiger partial charge on any atom is 0.188 e. The van der Waals surface area contributed by atoms with Gasteiger partial charge in [-0.3, -0.25) is 0 Å². The smallest absolute Gasteiger partial charge is 0.188 e. The van der Waals surface area contributed by atoms with E-state index < -0.39 is 0 Å². The summed E-state index contributed by atoms with van der Waals surface area (Å²) in [6.07, 6.45) is 2.36. The van der Waals surface area contributed by atoms with Gasteiger partial charge in [-0.1, -0.05) is 11.2 Å². The van der Waals surface area contributed by atoms with Crippen molar-refractivity contribution >= 4 is 11.7 Å². The van der Waals surface area contributed by atoms with Crippen molar-refractivity contribution in [3.63, 3.8) is 0 Å². The van der Waals surface area contributed by atoms with E-state index in [1.807, 2.05) is 19.2 Å². The first-order valence-corrected chi connectivity index (χ1v) is 6.48. The van der Waals surface area contributed by atoms with Crippen LogP contribution in [0.25, 0.3) is 0 Å². The topological polar surface area (TPSA) is 78.0 Å². The third kappa shape index (κ3) is 3.14. The van der Waals surface area contributed by atoms with Crippen LogP contribution < -0.4 is 10.6 Å². The Morgan fingerprint density at radius 2 is 2.37 bits per heavy atom. The van der Waals surface area contributed by atoms with Gasteiger partial charge in [-0.05, 0) is 38.6 Å². The van der Waals surface area contributed by atoms with E-state index in [0.717, 1.165) is 25.3 Å². The van der Waals surface area contributed by atoms with Gasteiger partial charge >= 0.3 is 0 Å². The molecule has 0 radical (unpaired) electrons. The van der Waals surface area contributed by atoms with Gasteiger partial charge in [0.2, 0.25) is 0 Å². The molecule has 1 saturated heterocycles. The van der Waals surface area contributed by atoms with E-state index >= 15 is 0 Å². The van der Waals surface area contributed by atoms with Crippen molar-refractivity contribution in [2.45, 2.75) is 18.9 Å². The van der Waals surface area contributed by atoms with E-state index in [2.05, 4.69) is 27.0 Å². The molecule has 6 nitrogen and oxygen atoms in total. The minimum absolute atomic E-state index is 0.0380. The Bertz CT molecular complexity index is 462. The van der Waals surface area contributed by atoms with Crippen molar-refractivity contribution in [3.8, 4) is 0 Å². The number of pyridine rings is 1. The van der Waals surface area contributed by atoms with Gasteiger partial charge < -0.3 is 20.7 Å². The molecular formula is C13H21N5O. The number of amidine groups is 1. The molecule has 1 aromatic heterocycles. The number of hydrogen-bond donors (Lipinski definition) is 2. The molecule has 0 bridgehead atoms. The Morgan fingerprint density at radius 3 is 3.05 bits per heavy atom. The quantitative estimate of drug-likeness (QED) is 0.363. The van der Waals surface area contributed by atoms with Crippen molar-refractivity contribution in [2.24, 2.45) is 10.9 Å². The van der Waals surface area contributed by atoms with Crippen molar-refractivity contribution in [2.75, 3.05) is 32.1 Å². The fourth-order valence-electron chi connectivity index (χ4n) is 2.46. The molecule has 1 aliphatic rings. The molecule has 2 rings (SSSR count). The SMILES string of the molecule is CN1CCCC(N(C)c2cccc(C(N)=NO)n2)C1. The number of piperidine rings is 1. The van der Waals surface area contributed by atoms with Crippen molar-refractivity contribution in [1.82, 2.24) is 9.88 Å². The van der Waals surface area contributed by atoms with Crippen LogP contribution in [0.4, 0.5) is 5.82 Å². The number of anilines is 1. The van der Waals surface area contributed by atoms with Crippen LogP contribution in [0.2, 0.25) is 0 Å². The average molecular weight is 263 g/mol. The zero-order valence-corrected chi connectivity index (χ0v) is 11.5. The predicted molar refractivity (Wildman–Crippen MR) is 75.7 cm³/mol. The van der Waals surface area contributed by atoms with Gasteiger partial charge in [0.05, 0.1) is 0 Å². The van der Waals surface area contributed by atoms with E-state index in [1.165, 1.54) is 6.42 Å². The van der Waals surface area contributed by atoms with E-state index in [-0.39, 0.29) is 5.84 Å². The predicted octanol–water partition coefficient (Wildman–Crippen LogP) is 0.707. The Balaban J connectivity index is 2.16. The van der Waals surface area contributed by atoms with Crippen LogP contribution >= 0.6 is 0 Å². The summed E-state index contributed by atoms with van der Waals surface area (Å²) < 4.78 is 0. The van der Waals surface area contributed by atoms with Crippen LogP contribution in [0, 0.1) is 0 Å². The van der Waals surface area contributed by atoms with E-state index in [9.17, 15) is 0 Å². The van der Waals surface area contributed by atoms with Crippen LogP contribution in [0.1, 0.15) is 18.5 Å². The number of nitrogens with zero attached hydrogens (tertiary/aromatic N) is 4. The molecule has 0 aromatic carbocycles. The molecule has 0 spiro atoms. The van der Waals surface area contributed by atoms with Crippen LogP contribution in [-0.4, -0.2) is 54.2 Å². The maximum absolute atomic E-state index is 8.70. The highest BCUT2D eigenvalue weighted by molar-refractivity contribution is 5.95. The molecule has 6 heteroatoms. The molecule has 19 heavy (non-hydrogen) atoms. The molecule has 2 heterocycles. The van der Waals surface area contributed by atoms with Crippen molar-refractivity contribution < 1.29 is 5.21 Å². The van der Waals surface area contributed by atoms with Crippen LogP contribution in [0.3, 0.4) is 0 Å². The summed E-state index contributed by atoms with van der Waals surface area (Å²) in [5.41, 5.74) is 6.07. The first-order valence-electron chi connectivity index (χ1n) is 6.48. The summed E-state index contributed by atoms with van der Waals surface area (Å²) >= 11 is 0. The molecule has 1 aliphatic heterocycles. The lowest BCUT2D eigenvalue weighted by molar-refractivity contribution is 0.247. The summed E-state index contributed by atoms with van der Waals surface area (Å²) in [7, 11) is 4.18. The van der Waals surface area contributed by atoms with Gasteiger partial charge in [0.15, 0.2) is 5.84 Å². The van der Waals surface area contributed by atoms with Gasteiger partial charge in [-0.2, -0.15) is 0 Å². The molecule has 0 aliphatic carbocycles. The fourth-order valence-corrected chi connectivity index (χ4v) is 2.46. The third-order valence-corrected chi connectivity index (χ3v) is 3.61. The average Bonchev–Trinajstić information content (AvgIpc) is 2.45. The van der Waals surface area contributed by atoms with Gasteiger partial charge in [-0.15, -0.1) is 0 Å². The second-order valence-corrected chi connectivity index (χ2v) is 5.04. The first kappa shape index (κ1) is 13.6. The number of likely N-dealkylation sites (N-methyl/N-ethyl adjacent to an activating group) is 2. The molecule has 1 unspecified atom stereocenters. The number of nitrogens with two attached hydrogens (primary N) is 1. The fraction of sp³-hybridized carbons (Fsp3) is 0.538. The summed E-state index contributed by atoms with van der Waals surface area (Å²) in [6.45, 7) is 2.19. The van der Waals surface area contributed by atoms with E-state index in [0.29, 0.717) is 11.7 Å². The lowest BCUT2D eigenvalue weighted by Crippen LogP contribution is -2.45. The van der Waals surface area contributed by atoms with Gasteiger partial charge in [0, 0.05) is 19.6 Å². The Morgan fingerprint density at radius 1 is 1.58 bits per heavy atom. The summed E-state index contributed by atoms with van der Waals surface area (Å²) in [5, 5.41) is 11.7. The molecule has 0 saturated carbocycles. The van der Waals surface area contributed by atoms with Gasteiger partial charge in [-0.25, -0.2) is 4.98 Å². The third-order valence-electron chi connectivity index (χ3n) is 3.61. The highest BCUT2D eigenvalue weighted by atomic mass is 16.4. The molecular weight excluding hydrogens is 242 g/mol. The minimum atomic E-state index is 0.0380. The number of aromatic nitrogens is 1. The van der Waals surface area contributed by atoms with Crippen molar-refractivity contribution in [3.05, 3.63) is 23.9 Å². The molecule has 104 valence electrons. The summed E-state index contributed by atoms with van der Waals surface area (Å²) in [4.78, 5) is 8.94.